The van der Waals surface area contributed by atoms with Gasteiger partial charge in [-0.1, -0.05) is 23.2 Å². The number of halogens is 2. The van der Waals surface area contributed by atoms with Crippen molar-refractivity contribution >= 4 is 35.0 Å². The third-order valence-electron chi connectivity index (χ3n) is 4.19. The van der Waals surface area contributed by atoms with Crippen LogP contribution in [0.1, 0.15) is 23.2 Å². The first-order valence-electron chi connectivity index (χ1n) is 7.19. The zero-order valence-corrected chi connectivity index (χ0v) is 13.3. The summed E-state index contributed by atoms with van der Waals surface area (Å²) in [5.74, 6) is -0.206. The molecule has 1 heterocycles. The predicted molar refractivity (Wildman–Crippen MR) is 83.2 cm³/mol. The van der Waals surface area contributed by atoms with Crippen LogP contribution in [0.5, 0.6) is 0 Å². The van der Waals surface area contributed by atoms with Crippen LogP contribution in [0.25, 0.3) is 0 Å². The molecule has 2 amide bonds. The number of amides is 2. The second-order valence-electron chi connectivity index (χ2n) is 5.58. The largest absolute Gasteiger partial charge is 0.378 e. The van der Waals surface area contributed by atoms with Crippen molar-refractivity contribution in [3.05, 3.63) is 33.8 Å². The van der Waals surface area contributed by atoms with E-state index in [2.05, 4.69) is 10.6 Å². The van der Waals surface area contributed by atoms with Gasteiger partial charge in [0.25, 0.3) is 5.91 Å². The van der Waals surface area contributed by atoms with E-state index in [1.807, 2.05) is 0 Å². The molecule has 0 radical (unpaired) electrons. The molecule has 2 N–H and O–H groups in total. The van der Waals surface area contributed by atoms with Crippen LogP contribution in [0.4, 0.5) is 0 Å². The number of benzene rings is 1. The maximum atomic E-state index is 12.0. The summed E-state index contributed by atoms with van der Waals surface area (Å²) in [5, 5.41) is 6.20. The van der Waals surface area contributed by atoms with Gasteiger partial charge < -0.3 is 15.4 Å². The summed E-state index contributed by atoms with van der Waals surface area (Å²) in [4.78, 5) is 23.9. The second kappa shape index (κ2) is 6.44. The minimum absolute atomic E-state index is 0.0869. The molecule has 1 aromatic rings. The Morgan fingerprint density at radius 3 is 2.91 bits per heavy atom. The first-order valence-corrected chi connectivity index (χ1v) is 7.94. The van der Waals surface area contributed by atoms with Gasteiger partial charge in [0.2, 0.25) is 5.91 Å². The Morgan fingerprint density at radius 2 is 2.14 bits per heavy atom. The quantitative estimate of drug-likeness (QED) is 0.879. The zero-order valence-electron chi connectivity index (χ0n) is 11.8. The number of ether oxygens (including phenoxy) is 1. The molecule has 2 aliphatic rings. The van der Waals surface area contributed by atoms with E-state index in [4.69, 9.17) is 27.9 Å². The molecule has 3 rings (SSSR count). The summed E-state index contributed by atoms with van der Waals surface area (Å²) in [7, 11) is 0. The van der Waals surface area contributed by atoms with Gasteiger partial charge in [-0.25, -0.2) is 0 Å². The number of rotatable bonds is 4. The lowest BCUT2D eigenvalue weighted by Gasteiger charge is -2.39. The van der Waals surface area contributed by atoms with Crippen molar-refractivity contribution in [2.24, 2.45) is 5.92 Å². The highest BCUT2D eigenvalue weighted by Crippen LogP contribution is 2.38. The lowest BCUT2D eigenvalue weighted by Crippen LogP contribution is -2.55. The highest BCUT2D eigenvalue weighted by Gasteiger charge is 2.45. The van der Waals surface area contributed by atoms with Gasteiger partial charge >= 0.3 is 0 Å². The van der Waals surface area contributed by atoms with E-state index >= 15 is 0 Å². The molecule has 1 saturated carbocycles. The standard InChI is InChI=1S/C15H16Cl2N2O3/c16-8-1-2-11(17)10(5-8)15(21)18-7-14(20)19-12-6-13-9(12)3-4-22-13/h1-2,5,9,12-13H,3-4,6-7H2,(H,18,21)(H,19,20)/t9-,12+,13+/m1/s1. The first-order chi connectivity index (χ1) is 10.5. The summed E-state index contributed by atoms with van der Waals surface area (Å²) < 4.78 is 5.50. The highest BCUT2D eigenvalue weighted by molar-refractivity contribution is 6.35. The molecule has 22 heavy (non-hydrogen) atoms. The smallest absolute Gasteiger partial charge is 0.253 e. The minimum atomic E-state index is -0.418. The van der Waals surface area contributed by atoms with E-state index < -0.39 is 5.91 Å². The van der Waals surface area contributed by atoms with Crippen LogP contribution in [0.3, 0.4) is 0 Å². The van der Waals surface area contributed by atoms with Crippen LogP contribution < -0.4 is 10.6 Å². The van der Waals surface area contributed by atoms with Crippen LogP contribution in [-0.2, 0) is 9.53 Å². The third-order valence-corrected chi connectivity index (χ3v) is 4.76. The Bertz CT molecular complexity index is 608. The lowest BCUT2D eigenvalue weighted by molar-refractivity contribution is -0.123. The zero-order chi connectivity index (χ0) is 15.7. The fourth-order valence-corrected chi connectivity index (χ4v) is 3.32. The molecule has 2 fully saturated rings. The third kappa shape index (κ3) is 3.21. The number of hydrogen-bond donors (Lipinski definition) is 2. The fourth-order valence-electron chi connectivity index (χ4n) is 2.95. The van der Waals surface area contributed by atoms with Crippen LogP contribution in [0.2, 0.25) is 10.0 Å². The van der Waals surface area contributed by atoms with Gasteiger partial charge in [0.05, 0.1) is 23.2 Å². The molecule has 7 heteroatoms. The van der Waals surface area contributed by atoms with Crippen LogP contribution in [-0.4, -0.2) is 37.1 Å². The molecule has 1 aliphatic carbocycles. The first kappa shape index (κ1) is 15.6. The molecular formula is C15H16Cl2N2O3. The lowest BCUT2D eigenvalue weighted by atomic mass is 9.76. The van der Waals surface area contributed by atoms with Crippen molar-refractivity contribution in [3.8, 4) is 0 Å². The van der Waals surface area contributed by atoms with Crippen molar-refractivity contribution < 1.29 is 14.3 Å². The molecule has 0 aromatic heterocycles. The molecule has 1 saturated heterocycles. The summed E-state index contributed by atoms with van der Waals surface area (Å²) in [5.41, 5.74) is 0.259. The van der Waals surface area contributed by atoms with Gasteiger partial charge in [-0.05, 0) is 31.0 Å². The van der Waals surface area contributed by atoms with E-state index in [1.165, 1.54) is 6.07 Å². The van der Waals surface area contributed by atoms with Gasteiger partial charge in [-0.3, -0.25) is 9.59 Å². The molecule has 1 aliphatic heterocycles. The van der Waals surface area contributed by atoms with Gasteiger partial charge in [-0.15, -0.1) is 0 Å². The molecule has 5 nitrogen and oxygen atoms in total. The second-order valence-corrected chi connectivity index (χ2v) is 6.42. The predicted octanol–water partition coefficient (Wildman–Crippen LogP) is 2.02. The van der Waals surface area contributed by atoms with E-state index in [1.54, 1.807) is 12.1 Å². The van der Waals surface area contributed by atoms with Gasteiger partial charge in [0.15, 0.2) is 0 Å². The van der Waals surface area contributed by atoms with E-state index in [-0.39, 0.29) is 24.1 Å². The summed E-state index contributed by atoms with van der Waals surface area (Å²) in [6.07, 6.45) is 2.13. The van der Waals surface area contributed by atoms with Crippen LogP contribution in [0, 0.1) is 5.92 Å². The Balaban J connectivity index is 1.48. The maximum Gasteiger partial charge on any atom is 0.253 e. The SMILES string of the molecule is O=C(CNC(=O)c1cc(Cl)ccc1Cl)N[C@H]1C[C@@H]2OCC[C@H]12. The Kier molecular flexibility index (Phi) is 4.57. The molecule has 118 valence electrons. The number of fused-ring (bicyclic) bond motifs is 1. The topological polar surface area (TPSA) is 67.4 Å². The average Bonchev–Trinajstić information content (AvgIpc) is 2.86. The highest BCUT2D eigenvalue weighted by atomic mass is 35.5. The van der Waals surface area contributed by atoms with Crippen molar-refractivity contribution in [2.75, 3.05) is 13.2 Å². The Hall–Kier alpha value is -1.30. The minimum Gasteiger partial charge on any atom is -0.378 e. The molecular weight excluding hydrogens is 327 g/mol. The van der Waals surface area contributed by atoms with Crippen molar-refractivity contribution in [1.29, 1.82) is 0 Å². The van der Waals surface area contributed by atoms with Crippen molar-refractivity contribution in [2.45, 2.75) is 25.0 Å². The normalized spacial score (nSPS) is 26.0. The number of hydrogen-bond acceptors (Lipinski definition) is 3. The molecule has 0 bridgehead atoms. The summed E-state index contributed by atoms with van der Waals surface area (Å²) in [6.45, 7) is 0.683. The molecule has 0 unspecified atom stereocenters. The van der Waals surface area contributed by atoms with Gasteiger partial charge in [-0.2, -0.15) is 0 Å². The molecule has 0 spiro atoms. The van der Waals surface area contributed by atoms with Crippen LogP contribution >= 0.6 is 23.2 Å². The Morgan fingerprint density at radius 1 is 1.32 bits per heavy atom. The monoisotopic (exact) mass is 342 g/mol. The van der Waals surface area contributed by atoms with Gasteiger partial charge in [0, 0.05) is 23.6 Å². The molecule has 1 aromatic carbocycles. The van der Waals surface area contributed by atoms with Crippen molar-refractivity contribution in [3.63, 3.8) is 0 Å². The fraction of sp³-hybridized carbons (Fsp3) is 0.467. The van der Waals surface area contributed by atoms with Crippen molar-refractivity contribution in [1.82, 2.24) is 10.6 Å². The van der Waals surface area contributed by atoms with E-state index in [9.17, 15) is 9.59 Å². The molecule has 3 atom stereocenters. The van der Waals surface area contributed by atoms with Gasteiger partial charge in [0.1, 0.15) is 0 Å². The number of nitrogens with one attached hydrogen (secondary N) is 2. The van der Waals surface area contributed by atoms with E-state index in [0.29, 0.717) is 22.1 Å². The van der Waals surface area contributed by atoms with E-state index in [0.717, 1.165) is 19.4 Å². The number of carbonyl (C=O) groups is 2. The summed E-state index contributed by atoms with van der Waals surface area (Å²) in [6, 6.07) is 4.78. The van der Waals surface area contributed by atoms with Crippen LogP contribution in [0.15, 0.2) is 18.2 Å². The maximum absolute atomic E-state index is 12.0. The number of carbonyl (C=O) groups excluding carboxylic acids is 2. The average molecular weight is 343 g/mol. The Labute approximate surface area is 138 Å². The summed E-state index contributed by atoms with van der Waals surface area (Å²) >= 11 is 11.8.